The van der Waals surface area contributed by atoms with Crippen LogP contribution in [0.5, 0.6) is 0 Å². The van der Waals surface area contributed by atoms with Gasteiger partial charge in [0.25, 0.3) is 0 Å². The molecule has 0 fully saturated rings. The van der Waals surface area contributed by atoms with Crippen molar-refractivity contribution in [3.8, 4) is 0 Å². The standard InChI is InChI=1S/C18H23N/c1-4-6-16-9-11-17(12-10-16)15(3)19-18-8-5-7-14(2)13-18/h5,7-13,15,19H,4,6H2,1-3H3. The Labute approximate surface area is 116 Å². The molecule has 0 amide bonds. The average molecular weight is 253 g/mol. The molecule has 0 saturated carbocycles. The Morgan fingerprint density at radius 1 is 1.05 bits per heavy atom. The summed E-state index contributed by atoms with van der Waals surface area (Å²) in [6.45, 7) is 6.54. The van der Waals surface area contributed by atoms with E-state index in [9.17, 15) is 0 Å². The van der Waals surface area contributed by atoms with Gasteiger partial charge in [0.05, 0.1) is 0 Å². The van der Waals surface area contributed by atoms with E-state index >= 15 is 0 Å². The van der Waals surface area contributed by atoms with Crippen LogP contribution < -0.4 is 5.32 Å². The lowest BCUT2D eigenvalue weighted by Crippen LogP contribution is -2.06. The van der Waals surface area contributed by atoms with Gasteiger partial charge < -0.3 is 5.32 Å². The van der Waals surface area contributed by atoms with Crippen LogP contribution in [0, 0.1) is 6.92 Å². The molecule has 0 aromatic heterocycles. The lowest BCUT2D eigenvalue weighted by molar-refractivity contribution is 0.876. The second-order valence-electron chi connectivity index (χ2n) is 5.23. The minimum atomic E-state index is 0.331. The van der Waals surface area contributed by atoms with E-state index in [2.05, 4.69) is 74.6 Å². The first kappa shape index (κ1) is 13.7. The van der Waals surface area contributed by atoms with Gasteiger partial charge in [0.1, 0.15) is 0 Å². The third-order valence-electron chi connectivity index (χ3n) is 3.42. The van der Waals surface area contributed by atoms with Gasteiger partial charge in [0.2, 0.25) is 0 Å². The molecule has 0 aliphatic rings. The molecule has 2 rings (SSSR count). The van der Waals surface area contributed by atoms with Crippen molar-refractivity contribution in [2.75, 3.05) is 5.32 Å². The van der Waals surface area contributed by atoms with E-state index in [1.807, 2.05) is 0 Å². The molecule has 1 N–H and O–H groups in total. The molecule has 0 saturated heterocycles. The van der Waals surface area contributed by atoms with Crippen LogP contribution in [0.2, 0.25) is 0 Å². The predicted molar refractivity (Wildman–Crippen MR) is 83.7 cm³/mol. The first-order chi connectivity index (χ1) is 9.19. The van der Waals surface area contributed by atoms with Gasteiger partial charge in [0.15, 0.2) is 0 Å². The van der Waals surface area contributed by atoms with E-state index in [1.165, 1.54) is 35.2 Å². The van der Waals surface area contributed by atoms with E-state index in [1.54, 1.807) is 0 Å². The number of benzene rings is 2. The summed E-state index contributed by atoms with van der Waals surface area (Å²) in [5.74, 6) is 0. The van der Waals surface area contributed by atoms with Crippen molar-refractivity contribution in [2.24, 2.45) is 0 Å². The largest absolute Gasteiger partial charge is 0.379 e. The van der Waals surface area contributed by atoms with Crippen LogP contribution in [0.3, 0.4) is 0 Å². The average Bonchev–Trinajstić information content (AvgIpc) is 2.40. The van der Waals surface area contributed by atoms with E-state index in [-0.39, 0.29) is 0 Å². The predicted octanol–water partition coefficient (Wildman–Crippen LogP) is 5.12. The van der Waals surface area contributed by atoms with Crippen molar-refractivity contribution in [1.29, 1.82) is 0 Å². The Kier molecular flexibility index (Phi) is 4.62. The monoisotopic (exact) mass is 253 g/mol. The molecular formula is C18H23N. The summed E-state index contributed by atoms with van der Waals surface area (Å²) in [6, 6.07) is 17.8. The van der Waals surface area contributed by atoms with Crippen molar-refractivity contribution in [3.05, 3.63) is 65.2 Å². The fraction of sp³-hybridized carbons (Fsp3) is 0.333. The van der Waals surface area contributed by atoms with E-state index in [0.29, 0.717) is 6.04 Å². The zero-order valence-corrected chi connectivity index (χ0v) is 12.1. The van der Waals surface area contributed by atoms with Crippen molar-refractivity contribution in [2.45, 2.75) is 39.7 Å². The van der Waals surface area contributed by atoms with Crippen LogP contribution in [0.1, 0.15) is 43.0 Å². The summed E-state index contributed by atoms with van der Waals surface area (Å²) in [7, 11) is 0. The quantitative estimate of drug-likeness (QED) is 0.779. The van der Waals surface area contributed by atoms with Crippen molar-refractivity contribution >= 4 is 5.69 Å². The number of hydrogen-bond donors (Lipinski definition) is 1. The van der Waals surface area contributed by atoms with Crippen LogP contribution in [0.25, 0.3) is 0 Å². The zero-order chi connectivity index (χ0) is 13.7. The number of nitrogens with one attached hydrogen (secondary N) is 1. The highest BCUT2D eigenvalue weighted by atomic mass is 14.9. The summed E-state index contributed by atoms with van der Waals surface area (Å²) in [5, 5.41) is 3.55. The molecule has 0 radical (unpaired) electrons. The van der Waals surface area contributed by atoms with Gasteiger partial charge in [-0.25, -0.2) is 0 Å². The summed E-state index contributed by atoms with van der Waals surface area (Å²) in [4.78, 5) is 0. The Bertz CT molecular complexity index is 513. The van der Waals surface area contributed by atoms with Crippen LogP contribution in [-0.4, -0.2) is 0 Å². The number of aryl methyl sites for hydroxylation is 2. The molecule has 19 heavy (non-hydrogen) atoms. The number of hydrogen-bond acceptors (Lipinski definition) is 1. The van der Waals surface area contributed by atoms with Gasteiger partial charge in [-0.1, -0.05) is 49.7 Å². The molecule has 0 aliphatic carbocycles. The minimum Gasteiger partial charge on any atom is -0.379 e. The van der Waals surface area contributed by atoms with Crippen LogP contribution in [0.15, 0.2) is 48.5 Å². The third kappa shape index (κ3) is 3.85. The molecule has 100 valence electrons. The fourth-order valence-corrected chi connectivity index (χ4v) is 2.33. The number of rotatable bonds is 5. The Morgan fingerprint density at radius 2 is 1.79 bits per heavy atom. The smallest absolute Gasteiger partial charge is 0.0485 e. The van der Waals surface area contributed by atoms with Gasteiger partial charge in [0, 0.05) is 11.7 Å². The van der Waals surface area contributed by atoms with Crippen molar-refractivity contribution in [3.63, 3.8) is 0 Å². The van der Waals surface area contributed by atoms with Crippen LogP contribution >= 0.6 is 0 Å². The molecule has 1 atom stereocenters. The van der Waals surface area contributed by atoms with Gasteiger partial charge in [-0.05, 0) is 49.1 Å². The molecule has 0 aliphatic heterocycles. The summed E-state index contributed by atoms with van der Waals surface area (Å²) >= 11 is 0. The van der Waals surface area contributed by atoms with Gasteiger partial charge in [-0.15, -0.1) is 0 Å². The Hall–Kier alpha value is -1.76. The topological polar surface area (TPSA) is 12.0 Å². The molecule has 2 aromatic rings. The second kappa shape index (κ2) is 6.42. The highest BCUT2D eigenvalue weighted by molar-refractivity contribution is 5.47. The minimum absolute atomic E-state index is 0.331. The maximum absolute atomic E-state index is 3.55. The van der Waals surface area contributed by atoms with Gasteiger partial charge in [-0.2, -0.15) is 0 Å². The first-order valence-electron chi connectivity index (χ1n) is 7.11. The third-order valence-corrected chi connectivity index (χ3v) is 3.42. The zero-order valence-electron chi connectivity index (χ0n) is 12.1. The fourth-order valence-electron chi connectivity index (χ4n) is 2.33. The SMILES string of the molecule is CCCc1ccc(C(C)Nc2cccc(C)c2)cc1. The molecule has 1 unspecified atom stereocenters. The first-order valence-corrected chi connectivity index (χ1v) is 7.11. The molecule has 2 aromatic carbocycles. The summed E-state index contributed by atoms with van der Waals surface area (Å²) in [6.07, 6.45) is 2.37. The lowest BCUT2D eigenvalue weighted by atomic mass is 10.0. The van der Waals surface area contributed by atoms with Crippen molar-refractivity contribution < 1.29 is 0 Å². The Balaban J connectivity index is 2.05. The van der Waals surface area contributed by atoms with E-state index in [0.717, 1.165) is 0 Å². The summed E-state index contributed by atoms with van der Waals surface area (Å²) in [5.41, 5.74) is 5.23. The van der Waals surface area contributed by atoms with E-state index in [4.69, 9.17) is 0 Å². The number of anilines is 1. The highest BCUT2D eigenvalue weighted by Crippen LogP contribution is 2.20. The molecular weight excluding hydrogens is 230 g/mol. The van der Waals surface area contributed by atoms with E-state index < -0.39 is 0 Å². The normalized spacial score (nSPS) is 12.2. The maximum atomic E-state index is 3.55. The molecule has 1 heteroatoms. The summed E-state index contributed by atoms with van der Waals surface area (Å²) < 4.78 is 0. The maximum Gasteiger partial charge on any atom is 0.0485 e. The Morgan fingerprint density at radius 3 is 2.42 bits per heavy atom. The van der Waals surface area contributed by atoms with Crippen LogP contribution in [-0.2, 0) is 6.42 Å². The van der Waals surface area contributed by atoms with Crippen molar-refractivity contribution in [1.82, 2.24) is 0 Å². The van der Waals surface area contributed by atoms with Gasteiger partial charge in [-0.3, -0.25) is 0 Å². The lowest BCUT2D eigenvalue weighted by Gasteiger charge is -2.16. The molecule has 1 nitrogen and oxygen atoms in total. The highest BCUT2D eigenvalue weighted by Gasteiger charge is 2.05. The molecule has 0 spiro atoms. The second-order valence-corrected chi connectivity index (χ2v) is 5.23. The molecule has 0 bridgehead atoms. The molecule has 0 heterocycles. The van der Waals surface area contributed by atoms with Gasteiger partial charge >= 0.3 is 0 Å². The van der Waals surface area contributed by atoms with Crippen LogP contribution in [0.4, 0.5) is 5.69 Å².